The molecule has 1 heterocycles. The van der Waals surface area contributed by atoms with Crippen LogP contribution in [-0.2, 0) is 5.41 Å². The predicted molar refractivity (Wildman–Crippen MR) is 36.6 cm³/mol. The van der Waals surface area contributed by atoms with E-state index in [1.807, 2.05) is 0 Å². The number of hydrogen-bond acceptors (Lipinski definition) is 2. The molecule has 1 aromatic rings. The van der Waals surface area contributed by atoms with Gasteiger partial charge in [-0.2, -0.15) is 0 Å². The molecule has 10 heavy (non-hydrogen) atoms. The van der Waals surface area contributed by atoms with E-state index in [2.05, 4.69) is 9.97 Å². The molecular weight excluding hydrogens is 128 g/mol. The van der Waals surface area contributed by atoms with Gasteiger partial charge in [0.25, 0.3) is 0 Å². The van der Waals surface area contributed by atoms with Crippen LogP contribution in [0.15, 0.2) is 12.5 Å². The van der Waals surface area contributed by atoms with E-state index in [-0.39, 0.29) is 12.0 Å². The normalized spacial score (nSPS) is 20.9. The Balaban J connectivity index is 2.27. The van der Waals surface area contributed by atoms with Crippen LogP contribution in [0.1, 0.15) is 18.5 Å². The number of aromatic amines is 1. The van der Waals surface area contributed by atoms with Gasteiger partial charge in [-0.15, -0.1) is 0 Å². The number of H-pyrrole nitrogens is 1. The molecule has 1 saturated carbocycles. The molecule has 0 radical (unpaired) electrons. The molecule has 2 N–H and O–H groups in total. The molecule has 3 nitrogen and oxygen atoms in total. The van der Waals surface area contributed by atoms with E-state index in [0.29, 0.717) is 0 Å². The van der Waals surface area contributed by atoms with Crippen LogP contribution in [0.5, 0.6) is 0 Å². The molecular formula is C7H10N2O. The zero-order chi connectivity index (χ0) is 7.03. The lowest BCUT2D eigenvalue weighted by molar-refractivity contribution is 0.253. The number of aliphatic hydroxyl groups excluding tert-OH is 1. The van der Waals surface area contributed by atoms with Crippen LogP contribution in [0.4, 0.5) is 0 Å². The van der Waals surface area contributed by atoms with Gasteiger partial charge in [0.05, 0.1) is 12.9 Å². The molecule has 0 aromatic carbocycles. The van der Waals surface area contributed by atoms with Crippen LogP contribution in [-0.4, -0.2) is 21.7 Å². The van der Waals surface area contributed by atoms with Gasteiger partial charge in [0, 0.05) is 17.3 Å². The fourth-order valence-electron chi connectivity index (χ4n) is 1.21. The molecule has 0 atom stereocenters. The Hall–Kier alpha value is -0.830. The lowest BCUT2D eigenvalue weighted by Crippen LogP contribution is -2.11. The van der Waals surface area contributed by atoms with Gasteiger partial charge in [-0.1, -0.05) is 0 Å². The summed E-state index contributed by atoms with van der Waals surface area (Å²) in [5, 5.41) is 8.98. The number of aliphatic hydroxyl groups is 1. The van der Waals surface area contributed by atoms with Crippen molar-refractivity contribution in [1.29, 1.82) is 0 Å². The second-order valence-electron chi connectivity index (χ2n) is 2.90. The van der Waals surface area contributed by atoms with Crippen molar-refractivity contribution in [2.75, 3.05) is 6.61 Å². The first kappa shape index (κ1) is 5.92. The summed E-state index contributed by atoms with van der Waals surface area (Å²) in [6.07, 6.45) is 5.63. The summed E-state index contributed by atoms with van der Waals surface area (Å²) >= 11 is 0. The highest BCUT2D eigenvalue weighted by molar-refractivity contribution is 5.21. The molecule has 0 saturated heterocycles. The van der Waals surface area contributed by atoms with Gasteiger partial charge in [0.2, 0.25) is 0 Å². The first-order valence-electron chi connectivity index (χ1n) is 3.47. The van der Waals surface area contributed by atoms with Crippen molar-refractivity contribution in [3.63, 3.8) is 0 Å². The van der Waals surface area contributed by atoms with Gasteiger partial charge >= 0.3 is 0 Å². The van der Waals surface area contributed by atoms with E-state index in [0.717, 1.165) is 18.5 Å². The van der Waals surface area contributed by atoms with E-state index in [4.69, 9.17) is 5.11 Å². The van der Waals surface area contributed by atoms with Crippen molar-refractivity contribution < 1.29 is 5.11 Å². The molecule has 1 fully saturated rings. The van der Waals surface area contributed by atoms with Crippen LogP contribution < -0.4 is 0 Å². The molecule has 54 valence electrons. The Bertz CT molecular complexity index is 214. The van der Waals surface area contributed by atoms with Gasteiger partial charge in [-0.25, -0.2) is 4.98 Å². The van der Waals surface area contributed by atoms with Crippen molar-refractivity contribution in [2.45, 2.75) is 18.3 Å². The maximum Gasteiger partial charge on any atom is 0.0921 e. The van der Waals surface area contributed by atoms with Gasteiger partial charge < -0.3 is 10.1 Å². The van der Waals surface area contributed by atoms with E-state index >= 15 is 0 Å². The van der Waals surface area contributed by atoms with Crippen molar-refractivity contribution in [1.82, 2.24) is 9.97 Å². The SMILES string of the molecule is OCC1(c2cnc[nH]2)CC1. The average Bonchev–Trinajstić information content (AvgIpc) is 2.58. The minimum Gasteiger partial charge on any atom is -0.395 e. The molecule has 0 aliphatic heterocycles. The maximum absolute atomic E-state index is 8.98. The van der Waals surface area contributed by atoms with Crippen LogP contribution in [0.25, 0.3) is 0 Å². The minimum absolute atomic E-state index is 0.0521. The molecule has 1 aliphatic rings. The zero-order valence-electron chi connectivity index (χ0n) is 5.67. The topological polar surface area (TPSA) is 48.9 Å². The van der Waals surface area contributed by atoms with Gasteiger partial charge in [-0.05, 0) is 12.8 Å². The van der Waals surface area contributed by atoms with Crippen LogP contribution in [0.2, 0.25) is 0 Å². The third-order valence-corrected chi connectivity index (χ3v) is 2.23. The van der Waals surface area contributed by atoms with E-state index in [1.54, 1.807) is 12.5 Å². The van der Waals surface area contributed by atoms with Gasteiger partial charge in [0.15, 0.2) is 0 Å². The molecule has 0 unspecified atom stereocenters. The lowest BCUT2D eigenvalue weighted by Gasteiger charge is -2.06. The molecule has 0 amide bonds. The maximum atomic E-state index is 8.98. The Morgan fingerprint density at radius 2 is 2.50 bits per heavy atom. The predicted octanol–water partition coefficient (Wildman–Crippen LogP) is 0.434. The standard InChI is InChI=1S/C7H10N2O/c10-4-7(1-2-7)6-3-8-5-9-6/h3,5,10H,1-2,4H2,(H,8,9). The number of nitrogens with one attached hydrogen (secondary N) is 1. The molecule has 0 bridgehead atoms. The Labute approximate surface area is 59.1 Å². The van der Waals surface area contributed by atoms with Crippen molar-refractivity contribution in [3.05, 3.63) is 18.2 Å². The summed E-state index contributed by atoms with van der Waals surface area (Å²) in [7, 11) is 0. The monoisotopic (exact) mass is 138 g/mol. The quantitative estimate of drug-likeness (QED) is 0.622. The highest BCUT2D eigenvalue weighted by atomic mass is 16.3. The third kappa shape index (κ3) is 0.671. The van der Waals surface area contributed by atoms with Crippen molar-refractivity contribution in [3.8, 4) is 0 Å². The molecule has 3 heteroatoms. The van der Waals surface area contributed by atoms with Crippen molar-refractivity contribution >= 4 is 0 Å². The summed E-state index contributed by atoms with van der Waals surface area (Å²) < 4.78 is 0. The fraction of sp³-hybridized carbons (Fsp3) is 0.571. The Morgan fingerprint density at radius 1 is 1.70 bits per heavy atom. The number of imidazole rings is 1. The van der Waals surface area contributed by atoms with E-state index < -0.39 is 0 Å². The molecule has 1 aliphatic carbocycles. The summed E-state index contributed by atoms with van der Waals surface area (Å²) in [6.45, 7) is 0.245. The third-order valence-electron chi connectivity index (χ3n) is 2.23. The van der Waals surface area contributed by atoms with E-state index in [1.165, 1.54) is 0 Å². The van der Waals surface area contributed by atoms with Gasteiger partial charge in [-0.3, -0.25) is 0 Å². The number of aromatic nitrogens is 2. The summed E-state index contributed by atoms with van der Waals surface area (Å²) in [5.74, 6) is 0. The minimum atomic E-state index is 0.0521. The number of hydrogen-bond donors (Lipinski definition) is 2. The second kappa shape index (κ2) is 1.83. The van der Waals surface area contributed by atoms with Gasteiger partial charge in [0.1, 0.15) is 0 Å². The number of nitrogens with zero attached hydrogens (tertiary/aromatic N) is 1. The van der Waals surface area contributed by atoms with E-state index in [9.17, 15) is 0 Å². The number of rotatable bonds is 2. The summed E-state index contributed by atoms with van der Waals surface area (Å²) in [5.41, 5.74) is 1.13. The average molecular weight is 138 g/mol. The highest BCUT2D eigenvalue weighted by Gasteiger charge is 2.44. The Morgan fingerprint density at radius 3 is 2.90 bits per heavy atom. The van der Waals surface area contributed by atoms with Crippen molar-refractivity contribution in [2.24, 2.45) is 0 Å². The van der Waals surface area contributed by atoms with Crippen LogP contribution in [0, 0.1) is 0 Å². The highest BCUT2D eigenvalue weighted by Crippen LogP contribution is 2.46. The first-order chi connectivity index (χ1) is 4.87. The molecule has 1 aromatic heterocycles. The first-order valence-corrected chi connectivity index (χ1v) is 3.47. The summed E-state index contributed by atoms with van der Waals surface area (Å²) in [4.78, 5) is 6.93. The largest absolute Gasteiger partial charge is 0.395 e. The fourth-order valence-corrected chi connectivity index (χ4v) is 1.21. The van der Waals surface area contributed by atoms with Crippen LogP contribution >= 0.6 is 0 Å². The lowest BCUT2D eigenvalue weighted by atomic mass is 10.1. The molecule has 0 spiro atoms. The second-order valence-corrected chi connectivity index (χ2v) is 2.90. The Kier molecular flexibility index (Phi) is 1.08. The molecule has 2 rings (SSSR count). The summed E-state index contributed by atoms with van der Waals surface area (Å²) in [6, 6.07) is 0. The zero-order valence-corrected chi connectivity index (χ0v) is 5.67. The van der Waals surface area contributed by atoms with Crippen LogP contribution in [0.3, 0.4) is 0 Å². The smallest absolute Gasteiger partial charge is 0.0921 e.